The van der Waals surface area contributed by atoms with Gasteiger partial charge in [0, 0.05) is 0 Å². The summed E-state index contributed by atoms with van der Waals surface area (Å²) < 4.78 is 4.86. The molecule has 122 valence electrons. The molecule has 2 N–H and O–H groups in total. The Morgan fingerprint density at radius 2 is 2.09 bits per heavy atom. The van der Waals surface area contributed by atoms with Crippen molar-refractivity contribution in [3.8, 4) is 0 Å². The van der Waals surface area contributed by atoms with Gasteiger partial charge in [-0.05, 0) is 35.7 Å². The molecule has 0 bridgehead atoms. The van der Waals surface area contributed by atoms with Gasteiger partial charge >= 0.3 is 5.97 Å². The van der Waals surface area contributed by atoms with Crippen molar-refractivity contribution in [3.05, 3.63) is 60.7 Å². The number of nitrogens with one attached hydrogen (secondary N) is 1. The predicted molar refractivity (Wildman–Crippen MR) is 92.1 cm³/mol. The van der Waals surface area contributed by atoms with Crippen molar-refractivity contribution < 1.29 is 14.6 Å². The molecular weight excluding hydrogens is 290 g/mol. The van der Waals surface area contributed by atoms with Crippen LogP contribution in [0.15, 0.2) is 55.1 Å². The molecule has 0 saturated carbocycles. The van der Waals surface area contributed by atoms with E-state index >= 15 is 0 Å². The van der Waals surface area contributed by atoms with Crippen LogP contribution in [0.4, 0.5) is 0 Å². The third-order valence-corrected chi connectivity index (χ3v) is 3.74. The lowest BCUT2D eigenvalue weighted by molar-refractivity contribution is -0.144. The van der Waals surface area contributed by atoms with Crippen molar-refractivity contribution in [1.82, 2.24) is 5.32 Å². The number of fused-ring (bicyclic) bond motifs is 1. The molecule has 4 heteroatoms. The standard InChI is InChI=1S/C11H10O.C8H13NO2/c12-8-10-6-3-5-9-4-1-2-7-11(9)10;1-2-6-11-8(10)7-4-3-5-9-7/h1-7,12H,8H2;2,7,9H,1,3-6H2. The highest BCUT2D eigenvalue weighted by Crippen LogP contribution is 2.17. The Hall–Kier alpha value is -2.17. The number of benzene rings is 2. The molecule has 0 amide bonds. The minimum atomic E-state index is -0.151. The molecule has 1 fully saturated rings. The van der Waals surface area contributed by atoms with Gasteiger partial charge in [-0.1, -0.05) is 55.1 Å². The molecular formula is C19H23NO3. The zero-order valence-corrected chi connectivity index (χ0v) is 13.2. The van der Waals surface area contributed by atoms with Crippen LogP contribution in [0.25, 0.3) is 10.8 Å². The summed E-state index contributed by atoms with van der Waals surface area (Å²) in [6, 6.07) is 14.0. The van der Waals surface area contributed by atoms with E-state index in [4.69, 9.17) is 9.84 Å². The highest BCUT2D eigenvalue weighted by atomic mass is 16.5. The first-order valence-corrected chi connectivity index (χ1v) is 7.84. The molecule has 1 aliphatic rings. The molecule has 1 aliphatic heterocycles. The van der Waals surface area contributed by atoms with E-state index in [-0.39, 0.29) is 18.6 Å². The van der Waals surface area contributed by atoms with E-state index in [1.807, 2.05) is 30.3 Å². The minimum absolute atomic E-state index is 0.0741. The van der Waals surface area contributed by atoms with Gasteiger partial charge in [-0.25, -0.2) is 0 Å². The first-order valence-electron chi connectivity index (χ1n) is 7.84. The minimum Gasteiger partial charge on any atom is -0.460 e. The van der Waals surface area contributed by atoms with Gasteiger partial charge < -0.3 is 15.2 Å². The average molecular weight is 313 g/mol. The number of hydrogen-bond donors (Lipinski definition) is 2. The van der Waals surface area contributed by atoms with Gasteiger partial charge in [-0.2, -0.15) is 0 Å². The quantitative estimate of drug-likeness (QED) is 0.673. The van der Waals surface area contributed by atoms with E-state index in [1.54, 1.807) is 6.08 Å². The Morgan fingerprint density at radius 3 is 2.78 bits per heavy atom. The fourth-order valence-corrected chi connectivity index (χ4v) is 2.56. The van der Waals surface area contributed by atoms with Gasteiger partial charge in [0.1, 0.15) is 12.6 Å². The van der Waals surface area contributed by atoms with Crippen molar-refractivity contribution >= 4 is 16.7 Å². The molecule has 1 atom stereocenters. The number of rotatable bonds is 4. The van der Waals surface area contributed by atoms with Crippen LogP contribution in [0.5, 0.6) is 0 Å². The number of carbonyl (C=O) groups excluding carboxylic acids is 1. The Bertz CT molecular complexity index is 643. The highest BCUT2D eigenvalue weighted by Gasteiger charge is 2.22. The lowest BCUT2D eigenvalue weighted by atomic mass is 10.1. The van der Waals surface area contributed by atoms with Gasteiger partial charge in [0.05, 0.1) is 6.61 Å². The van der Waals surface area contributed by atoms with Crippen LogP contribution in [0, 0.1) is 0 Å². The van der Waals surface area contributed by atoms with Crippen LogP contribution in [0.3, 0.4) is 0 Å². The number of ether oxygens (including phenoxy) is 1. The topological polar surface area (TPSA) is 58.6 Å². The molecule has 23 heavy (non-hydrogen) atoms. The summed E-state index contributed by atoms with van der Waals surface area (Å²) in [5.41, 5.74) is 0.994. The van der Waals surface area contributed by atoms with Gasteiger partial charge in [0.2, 0.25) is 0 Å². The monoisotopic (exact) mass is 313 g/mol. The van der Waals surface area contributed by atoms with E-state index in [9.17, 15) is 4.79 Å². The molecule has 0 aliphatic carbocycles. The first-order chi connectivity index (χ1) is 11.3. The second-order valence-corrected chi connectivity index (χ2v) is 5.36. The highest BCUT2D eigenvalue weighted by molar-refractivity contribution is 5.85. The van der Waals surface area contributed by atoms with Crippen LogP contribution in [-0.2, 0) is 16.1 Å². The lowest BCUT2D eigenvalue weighted by Crippen LogP contribution is -2.32. The second-order valence-electron chi connectivity index (χ2n) is 5.36. The molecule has 2 aromatic carbocycles. The summed E-state index contributed by atoms with van der Waals surface area (Å²) in [6.07, 6.45) is 3.54. The summed E-state index contributed by atoms with van der Waals surface area (Å²) in [5, 5.41) is 14.4. The summed E-state index contributed by atoms with van der Waals surface area (Å²) >= 11 is 0. The smallest absolute Gasteiger partial charge is 0.323 e. The Morgan fingerprint density at radius 1 is 1.30 bits per heavy atom. The lowest BCUT2D eigenvalue weighted by Gasteiger charge is -2.07. The molecule has 1 unspecified atom stereocenters. The summed E-state index contributed by atoms with van der Waals surface area (Å²) in [4.78, 5) is 11.1. The Kier molecular flexibility index (Phi) is 6.78. The van der Waals surface area contributed by atoms with E-state index in [1.165, 1.54) is 5.39 Å². The van der Waals surface area contributed by atoms with Crippen LogP contribution >= 0.6 is 0 Å². The van der Waals surface area contributed by atoms with Crippen molar-refractivity contribution in [2.24, 2.45) is 0 Å². The van der Waals surface area contributed by atoms with E-state index in [2.05, 4.69) is 24.0 Å². The third-order valence-electron chi connectivity index (χ3n) is 3.74. The van der Waals surface area contributed by atoms with Crippen molar-refractivity contribution in [2.45, 2.75) is 25.5 Å². The summed E-state index contributed by atoms with van der Waals surface area (Å²) in [6.45, 7) is 4.82. The molecule has 3 rings (SSSR count). The van der Waals surface area contributed by atoms with Gasteiger partial charge in [0.15, 0.2) is 0 Å². The van der Waals surface area contributed by atoms with Crippen LogP contribution in [0.2, 0.25) is 0 Å². The fraction of sp³-hybridized carbons (Fsp3) is 0.316. The van der Waals surface area contributed by atoms with E-state index in [0.717, 1.165) is 30.3 Å². The van der Waals surface area contributed by atoms with Crippen molar-refractivity contribution in [2.75, 3.05) is 13.2 Å². The SMILES string of the molecule is C=CCOC(=O)C1CCCN1.OCc1cccc2ccccc12. The summed E-state index contributed by atoms with van der Waals surface area (Å²) in [5.74, 6) is -0.151. The molecule has 0 aromatic heterocycles. The van der Waals surface area contributed by atoms with Gasteiger partial charge in [-0.15, -0.1) is 0 Å². The van der Waals surface area contributed by atoms with E-state index < -0.39 is 0 Å². The third kappa shape index (κ3) is 4.91. The zero-order chi connectivity index (χ0) is 16.5. The number of aliphatic hydroxyl groups is 1. The van der Waals surface area contributed by atoms with Crippen molar-refractivity contribution in [3.63, 3.8) is 0 Å². The number of hydrogen-bond acceptors (Lipinski definition) is 4. The maximum atomic E-state index is 11.1. The van der Waals surface area contributed by atoms with Gasteiger partial charge in [0.25, 0.3) is 0 Å². The van der Waals surface area contributed by atoms with Crippen LogP contribution in [0.1, 0.15) is 18.4 Å². The molecule has 1 saturated heterocycles. The molecule has 2 aromatic rings. The fourth-order valence-electron chi connectivity index (χ4n) is 2.56. The largest absolute Gasteiger partial charge is 0.460 e. The number of carbonyl (C=O) groups is 1. The predicted octanol–water partition coefficient (Wildman–Crippen LogP) is 2.80. The van der Waals surface area contributed by atoms with Gasteiger partial charge in [-0.3, -0.25) is 4.79 Å². The summed E-state index contributed by atoms with van der Waals surface area (Å²) in [7, 11) is 0. The van der Waals surface area contributed by atoms with Crippen LogP contribution < -0.4 is 5.32 Å². The van der Waals surface area contributed by atoms with Crippen LogP contribution in [-0.4, -0.2) is 30.3 Å². The van der Waals surface area contributed by atoms with Crippen molar-refractivity contribution in [1.29, 1.82) is 0 Å². The van der Waals surface area contributed by atoms with E-state index in [0.29, 0.717) is 6.61 Å². The normalized spacial score (nSPS) is 16.5. The molecule has 0 spiro atoms. The molecule has 4 nitrogen and oxygen atoms in total. The second kappa shape index (κ2) is 9.08. The Balaban J connectivity index is 0.000000168. The maximum Gasteiger partial charge on any atom is 0.323 e. The molecule has 1 heterocycles. The average Bonchev–Trinajstić information content (AvgIpc) is 3.14. The Labute approximate surface area is 136 Å². The maximum absolute atomic E-state index is 11.1. The number of esters is 1. The number of aliphatic hydroxyl groups excluding tert-OH is 1. The first kappa shape index (κ1) is 17.2. The zero-order valence-electron chi connectivity index (χ0n) is 13.2. The molecule has 0 radical (unpaired) electrons.